The van der Waals surface area contributed by atoms with Crippen LogP contribution in [0.25, 0.3) is 10.9 Å². The molecule has 0 unspecified atom stereocenters. The fourth-order valence-electron chi connectivity index (χ4n) is 2.25. The Morgan fingerprint density at radius 1 is 1.10 bits per heavy atom. The van der Waals surface area contributed by atoms with Crippen molar-refractivity contribution >= 4 is 28.4 Å². The van der Waals surface area contributed by atoms with Crippen LogP contribution in [-0.4, -0.2) is 10.8 Å². The Kier molecular flexibility index (Phi) is 4.02. The normalized spacial score (nSPS) is 10.7. The molecule has 0 aliphatic rings. The van der Waals surface area contributed by atoms with E-state index in [0.717, 1.165) is 27.1 Å². The van der Waals surface area contributed by atoms with Crippen LogP contribution in [-0.2, 0) is 5.75 Å². The summed E-state index contributed by atoms with van der Waals surface area (Å²) in [7, 11) is 0. The molecule has 21 heavy (non-hydrogen) atoms. The van der Waals surface area contributed by atoms with Gasteiger partial charge in [0.15, 0.2) is 5.78 Å². The molecule has 2 nitrogen and oxygen atoms in total. The van der Waals surface area contributed by atoms with Crippen LogP contribution in [0.5, 0.6) is 0 Å². The smallest absolute Gasteiger partial charge is 0.159 e. The summed E-state index contributed by atoms with van der Waals surface area (Å²) in [5.74, 6) is 0.944. The molecule has 0 fully saturated rings. The summed E-state index contributed by atoms with van der Waals surface area (Å²) in [6.45, 7) is 1.60. The minimum Gasteiger partial charge on any atom is -0.295 e. The zero-order valence-electron chi connectivity index (χ0n) is 11.7. The molecule has 0 bridgehead atoms. The van der Waals surface area contributed by atoms with Gasteiger partial charge in [0.25, 0.3) is 0 Å². The van der Waals surface area contributed by atoms with Gasteiger partial charge in [-0.2, -0.15) is 0 Å². The fourth-order valence-corrected chi connectivity index (χ4v) is 3.19. The lowest BCUT2D eigenvalue weighted by atomic mass is 10.1. The molecule has 104 valence electrons. The number of para-hydroxylation sites is 1. The van der Waals surface area contributed by atoms with Gasteiger partial charge < -0.3 is 0 Å². The highest BCUT2D eigenvalue weighted by Gasteiger charge is 2.04. The van der Waals surface area contributed by atoms with Crippen LogP contribution in [0, 0.1) is 0 Å². The van der Waals surface area contributed by atoms with Gasteiger partial charge >= 0.3 is 0 Å². The largest absolute Gasteiger partial charge is 0.295 e. The van der Waals surface area contributed by atoms with Gasteiger partial charge in [-0.1, -0.05) is 36.4 Å². The van der Waals surface area contributed by atoms with E-state index in [9.17, 15) is 4.79 Å². The summed E-state index contributed by atoms with van der Waals surface area (Å²) in [5.41, 5.74) is 3.03. The Labute approximate surface area is 128 Å². The minimum absolute atomic E-state index is 0.101. The summed E-state index contributed by atoms with van der Waals surface area (Å²) in [4.78, 5) is 17.0. The predicted octanol–water partition coefficient (Wildman–Crippen LogP) is 4.73. The number of Topliss-reactive ketones (excluding diaryl/α,β-unsaturated/α-hetero) is 1. The number of benzene rings is 2. The number of rotatable bonds is 4. The molecule has 2 aromatic carbocycles. The minimum atomic E-state index is 0.101. The van der Waals surface area contributed by atoms with Crippen molar-refractivity contribution in [3.8, 4) is 0 Å². The first kappa shape index (κ1) is 13.8. The molecule has 0 spiro atoms. The molecule has 1 aromatic heterocycles. The summed E-state index contributed by atoms with van der Waals surface area (Å²) in [6.07, 6.45) is 1.83. The summed E-state index contributed by atoms with van der Waals surface area (Å²) < 4.78 is 0. The number of hydrogen-bond acceptors (Lipinski definition) is 3. The molecule has 3 aromatic rings. The van der Waals surface area contributed by atoms with Crippen molar-refractivity contribution in [3.63, 3.8) is 0 Å². The molecule has 0 saturated carbocycles. The van der Waals surface area contributed by atoms with Gasteiger partial charge in [-0.3, -0.25) is 9.78 Å². The van der Waals surface area contributed by atoms with Crippen molar-refractivity contribution in [2.75, 3.05) is 0 Å². The zero-order chi connectivity index (χ0) is 14.7. The zero-order valence-corrected chi connectivity index (χ0v) is 12.6. The van der Waals surface area contributed by atoms with Crippen molar-refractivity contribution in [1.82, 2.24) is 4.98 Å². The second kappa shape index (κ2) is 6.10. The van der Waals surface area contributed by atoms with Crippen LogP contribution in [0.2, 0.25) is 0 Å². The van der Waals surface area contributed by atoms with Gasteiger partial charge in [0.1, 0.15) is 0 Å². The highest BCUT2D eigenvalue weighted by molar-refractivity contribution is 7.98. The molecule has 3 rings (SSSR count). The van der Waals surface area contributed by atoms with Crippen molar-refractivity contribution in [3.05, 3.63) is 71.9 Å². The lowest BCUT2D eigenvalue weighted by molar-refractivity contribution is 0.101. The number of fused-ring (bicyclic) bond motifs is 1. The molecular formula is C18H15NOS. The van der Waals surface area contributed by atoms with E-state index in [1.165, 1.54) is 5.56 Å². The monoisotopic (exact) mass is 293 g/mol. The van der Waals surface area contributed by atoms with Crippen LogP contribution in [0.3, 0.4) is 0 Å². The average Bonchev–Trinajstić information content (AvgIpc) is 2.53. The van der Waals surface area contributed by atoms with Crippen molar-refractivity contribution in [2.24, 2.45) is 0 Å². The van der Waals surface area contributed by atoms with Crippen LogP contribution in [0.15, 0.2) is 65.7 Å². The number of thioether (sulfide) groups is 1. The highest BCUT2D eigenvalue weighted by atomic mass is 32.2. The molecule has 1 heterocycles. The van der Waals surface area contributed by atoms with Crippen LogP contribution < -0.4 is 0 Å². The number of pyridine rings is 1. The standard InChI is InChI=1S/C18H15NOS/c1-13(20)15-6-3-9-17(11-15)21-12-16-7-2-5-14-8-4-10-19-18(14)16/h2-11H,12H2,1H3. The van der Waals surface area contributed by atoms with Crippen LogP contribution >= 0.6 is 11.8 Å². The lowest BCUT2D eigenvalue weighted by Gasteiger charge is -2.06. The number of aromatic nitrogens is 1. The van der Waals surface area contributed by atoms with Crippen molar-refractivity contribution in [2.45, 2.75) is 17.6 Å². The third kappa shape index (κ3) is 3.14. The number of carbonyl (C=O) groups excluding carboxylic acids is 1. The van der Waals surface area contributed by atoms with E-state index in [2.05, 4.69) is 29.2 Å². The first-order chi connectivity index (χ1) is 10.2. The van der Waals surface area contributed by atoms with Gasteiger partial charge in [0, 0.05) is 27.8 Å². The summed E-state index contributed by atoms with van der Waals surface area (Å²) in [5, 5.41) is 1.16. The van der Waals surface area contributed by atoms with E-state index in [-0.39, 0.29) is 5.78 Å². The van der Waals surface area contributed by atoms with E-state index in [1.54, 1.807) is 18.7 Å². The van der Waals surface area contributed by atoms with Gasteiger partial charge in [0.2, 0.25) is 0 Å². The Morgan fingerprint density at radius 3 is 2.76 bits per heavy atom. The molecule has 0 N–H and O–H groups in total. The molecule has 0 aliphatic carbocycles. The van der Waals surface area contributed by atoms with E-state index in [4.69, 9.17) is 0 Å². The first-order valence-corrected chi connectivity index (χ1v) is 7.79. The summed E-state index contributed by atoms with van der Waals surface area (Å²) >= 11 is 1.73. The molecule has 0 saturated heterocycles. The third-order valence-electron chi connectivity index (χ3n) is 3.35. The van der Waals surface area contributed by atoms with Gasteiger partial charge in [0.05, 0.1) is 5.52 Å². The van der Waals surface area contributed by atoms with Gasteiger partial charge in [-0.15, -0.1) is 11.8 Å². The quantitative estimate of drug-likeness (QED) is 0.514. The number of nitrogens with zero attached hydrogens (tertiary/aromatic N) is 1. The highest BCUT2D eigenvalue weighted by Crippen LogP contribution is 2.26. The fraction of sp³-hybridized carbons (Fsp3) is 0.111. The topological polar surface area (TPSA) is 30.0 Å². The summed E-state index contributed by atoms with van der Waals surface area (Å²) in [6, 6.07) is 18.0. The molecule has 0 aliphatic heterocycles. The maximum atomic E-state index is 11.4. The van der Waals surface area contributed by atoms with E-state index < -0.39 is 0 Å². The first-order valence-electron chi connectivity index (χ1n) is 6.80. The molecular weight excluding hydrogens is 278 g/mol. The number of hydrogen-bond donors (Lipinski definition) is 0. The Hall–Kier alpha value is -2.13. The van der Waals surface area contributed by atoms with E-state index in [0.29, 0.717) is 0 Å². The van der Waals surface area contributed by atoms with Crippen molar-refractivity contribution < 1.29 is 4.79 Å². The molecule has 0 radical (unpaired) electrons. The number of carbonyl (C=O) groups is 1. The Morgan fingerprint density at radius 2 is 1.90 bits per heavy atom. The number of ketones is 1. The lowest BCUT2D eigenvalue weighted by Crippen LogP contribution is -1.91. The molecule has 0 amide bonds. The molecule has 3 heteroatoms. The Balaban J connectivity index is 1.84. The van der Waals surface area contributed by atoms with E-state index in [1.807, 2.05) is 36.5 Å². The maximum absolute atomic E-state index is 11.4. The van der Waals surface area contributed by atoms with Gasteiger partial charge in [-0.05, 0) is 30.7 Å². The second-order valence-electron chi connectivity index (χ2n) is 4.86. The van der Waals surface area contributed by atoms with Crippen LogP contribution in [0.4, 0.5) is 0 Å². The van der Waals surface area contributed by atoms with Crippen molar-refractivity contribution in [1.29, 1.82) is 0 Å². The van der Waals surface area contributed by atoms with Gasteiger partial charge in [-0.25, -0.2) is 0 Å². The Bertz CT molecular complexity index is 793. The molecule has 0 atom stereocenters. The van der Waals surface area contributed by atoms with Crippen LogP contribution in [0.1, 0.15) is 22.8 Å². The van der Waals surface area contributed by atoms with E-state index >= 15 is 0 Å². The maximum Gasteiger partial charge on any atom is 0.159 e. The second-order valence-corrected chi connectivity index (χ2v) is 5.91. The SMILES string of the molecule is CC(=O)c1cccc(SCc2cccc3cccnc23)c1. The average molecular weight is 293 g/mol. The third-order valence-corrected chi connectivity index (χ3v) is 4.39. The predicted molar refractivity (Wildman–Crippen MR) is 87.8 cm³/mol.